The Kier molecular flexibility index (Phi) is 7.10. The largest absolute Gasteiger partial charge is 0.497 e. The van der Waals surface area contributed by atoms with Crippen LogP contribution in [0, 0.1) is 11.8 Å². The Balaban J connectivity index is 1.79. The van der Waals surface area contributed by atoms with E-state index in [0.717, 1.165) is 30.7 Å². The maximum Gasteiger partial charge on any atom is 0.317 e. The molecule has 1 aromatic carbocycles. The van der Waals surface area contributed by atoms with Gasteiger partial charge in [0.1, 0.15) is 5.75 Å². The molecular formula is C19H29N3O3. The number of nitrogens with zero attached hydrogens (tertiary/aromatic N) is 1. The number of likely N-dealkylation sites (tertiary alicyclic amines) is 1. The van der Waals surface area contributed by atoms with Gasteiger partial charge in [-0.15, -0.1) is 0 Å². The van der Waals surface area contributed by atoms with Crippen LogP contribution in [-0.2, 0) is 11.3 Å². The maximum absolute atomic E-state index is 12.4. The lowest BCUT2D eigenvalue weighted by atomic mass is 9.98. The Bertz CT molecular complexity index is 589. The van der Waals surface area contributed by atoms with Gasteiger partial charge >= 0.3 is 6.03 Å². The van der Waals surface area contributed by atoms with Crippen molar-refractivity contribution in [2.45, 2.75) is 33.2 Å². The Morgan fingerprint density at radius 3 is 2.84 bits per heavy atom. The van der Waals surface area contributed by atoms with Gasteiger partial charge in [-0.25, -0.2) is 4.79 Å². The van der Waals surface area contributed by atoms with Gasteiger partial charge in [-0.05, 0) is 36.5 Å². The third kappa shape index (κ3) is 5.96. The first-order valence-corrected chi connectivity index (χ1v) is 8.93. The van der Waals surface area contributed by atoms with E-state index in [-0.39, 0.29) is 17.9 Å². The second-order valence-corrected chi connectivity index (χ2v) is 6.86. The van der Waals surface area contributed by atoms with Crippen molar-refractivity contribution in [2.24, 2.45) is 11.8 Å². The van der Waals surface area contributed by atoms with Crippen LogP contribution >= 0.6 is 0 Å². The van der Waals surface area contributed by atoms with Gasteiger partial charge in [0.15, 0.2) is 0 Å². The van der Waals surface area contributed by atoms with E-state index in [9.17, 15) is 9.59 Å². The number of benzene rings is 1. The first-order valence-electron chi connectivity index (χ1n) is 8.93. The van der Waals surface area contributed by atoms with Crippen molar-refractivity contribution in [2.75, 3.05) is 26.7 Å². The number of ether oxygens (including phenoxy) is 1. The summed E-state index contributed by atoms with van der Waals surface area (Å²) in [5, 5.41) is 5.94. The van der Waals surface area contributed by atoms with E-state index < -0.39 is 0 Å². The third-order valence-electron chi connectivity index (χ3n) is 4.47. The molecule has 6 heteroatoms. The fourth-order valence-corrected chi connectivity index (χ4v) is 2.94. The average molecular weight is 347 g/mol. The van der Waals surface area contributed by atoms with Crippen LogP contribution in [0.5, 0.6) is 5.75 Å². The van der Waals surface area contributed by atoms with Crippen molar-refractivity contribution in [3.8, 4) is 5.75 Å². The van der Waals surface area contributed by atoms with Crippen LogP contribution in [0.4, 0.5) is 4.79 Å². The standard InChI is InChI=1S/C19H29N3O3/c1-14(2)18(23)20-12-16-7-5-9-22(13-16)19(24)21-11-15-6-4-8-17(10-15)25-3/h4,6,8,10,14,16H,5,7,9,11-13H2,1-3H3,(H,20,23)(H,21,24)/t16-/m0/s1. The summed E-state index contributed by atoms with van der Waals surface area (Å²) in [6.07, 6.45) is 2.01. The predicted octanol–water partition coefficient (Wildman–Crippen LogP) is 2.39. The Labute approximate surface area is 149 Å². The zero-order chi connectivity index (χ0) is 18.2. The fraction of sp³-hybridized carbons (Fsp3) is 0.579. The lowest BCUT2D eigenvalue weighted by molar-refractivity contribution is -0.124. The number of piperidine rings is 1. The number of urea groups is 1. The lowest BCUT2D eigenvalue weighted by Gasteiger charge is -2.33. The summed E-state index contributed by atoms with van der Waals surface area (Å²) in [7, 11) is 1.63. The predicted molar refractivity (Wildman–Crippen MR) is 97.4 cm³/mol. The normalized spacial score (nSPS) is 17.3. The van der Waals surface area contributed by atoms with Gasteiger partial charge in [0.25, 0.3) is 0 Å². The second kappa shape index (κ2) is 9.30. The molecule has 2 rings (SSSR count). The molecule has 6 nitrogen and oxygen atoms in total. The number of hydrogen-bond donors (Lipinski definition) is 2. The Morgan fingerprint density at radius 1 is 1.32 bits per heavy atom. The summed E-state index contributed by atoms with van der Waals surface area (Å²) in [6.45, 7) is 6.32. The topological polar surface area (TPSA) is 70.7 Å². The molecular weight excluding hydrogens is 318 g/mol. The van der Waals surface area contributed by atoms with Crippen LogP contribution in [0.3, 0.4) is 0 Å². The number of amides is 3. The molecule has 1 aromatic rings. The molecule has 0 spiro atoms. The number of hydrogen-bond acceptors (Lipinski definition) is 3. The molecule has 1 heterocycles. The number of rotatable bonds is 6. The van der Waals surface area contributed by atoms with Gasteiger partial charge in [-0.3, -0.25) is 4.79 Å². The molecule has 138 valence electrons. The minimum atomic E-state index is -0.0530. The van der Waals surface area contributed by atoms with Crippen molar-refractivity contribution >= 4 is 11.9 Å². The summed E-state index contributed by atoms with van der Waals surface area (Å²) < 4.78 is 5.20. The van der Waals surface area contributed by atoms with E-state index in [0.29, 0.717) is 25.6 Å². The van der Waals surface area contributed by atoms with Gasteiger partial charge in [-0.1, -0.05) is 26.0 Å². The average Bonchev–Trinajstić information content (AvgIpc) is 2.64. The van der Waals surface area contributed by atoms with E-state index in [2.05, 4.69) is 10.6 Å². The minimum absolute atomic E-state index is 0.00847. The summed E-state index contributed by atoms with van der Waals surface area (Å²) in [5.41, 5.74) is 1.01. The molecule has 0 aromatic heterocycles. The fourth-order valence-electron chi connectivity index (χ4n) is 2.94. The van der Waals surface area contributed by atoms with Gasteiger partial charge < -0.3 is 20.3 Å². The van der Waals surface area contributed by atoms with E-state index >= 15 is 0 Å². The SMILES string of the molecule is COc1cccc(CNC(=O)N2CCC[C@@H](CNC(=O)C(C)C)C2)c1. The molecule has 2 N–H and O–H groups in total. The number of nitrogens with one attached hydrogen (secondary N) is 2. The van der Waals surface area contributed by atoms with E-state index in [1.807, 2.05) is 43.0 Å². The maximum atomic E-state index is 12.4. The van der Waals surface area contributed by atoms with Crippen LogP contribution in [0.2, 0.25) is 0 Å². The number of carbonyl (C=O) groups excluding carboxylic acids is 2. The van der Waals surface area contributed by atoms with Crippen LogP contribution in [0.1, 0.15) is 32.3 Å². The zero-order valence-electron chi connectivity index (χ0n) is 15.4. The molecule has 1 aliphatic heterocycles. The highest BCUT2D eigenvalue weighted by Gasteiger charge is 2.24. The van der Waals surface area contributed by atoms with Gasteiger partial charge in [0.2, 0.25) is 5.91 Å². The van der Waals surface area contributed by atoms with Crippen molar-refractivity contribution in [1.29, 1.82) is 0 Å². The van der Waals surface area contributed by atoms with E-state index in [1.165, 1.54) is 0 Å². The van der Waals surface area contributed by atoms with Crippen LogP contribution in [0.25, 0.3) is 0 Å². The molecule has 0 unspecified atom stereocenters. The zero-order valence-corrected chi connectivity index (χ0v) is 15.4. The highest BCUT2D eigenvalue weighted by molar-refractivity contribution is 5.77. The Hall–Kier alpha value is -2.24. The van der Waals surface area contributed by atoms with Crippen LogP contribution < -0.4 is 15.4 Å². The molecule has 1 atom stereocenters. The highest BCUT2D eigenvalue weighted by Crippen LogP contribution is 2.16. The summed E-state index contributed by atoms with van der Waals surface area (Å²) >= 11 is 0. The monoisotopic (exact) mass is 347 g/mol. The van der Waals surface area contributed by atoms with Crippen molar-refractivity contribution in [3.05, 3.63) is 29.8 Å². The second-order valence-electron chi connectivity index (χ2n) is 6.86. The molecule has 3 amide bonds. The van der Waals surface area contributed by atoms with E-state index in [1.54, 1.807) is 7.11 Å². The molecule has 25 heavy (non-hydrogen) atoms. The molecule has 1 aliphatic rings. The van der Waals surface area contributed by atoms with Crippen molar-refractivity contribution < 1.29 is 14.3 Å². The van der Waals surface area contributed by atoms with Gasteiger partial charge in [0, 0.05) is 32.1 Å². The molecule has 1 fully saturated rings. The molecule has 0 bridgehead atoms. The highest BCUT2D eigenvalue weighted by atomic mass is 16.5. The molecule has 0 radical (unpaired) electrons. The van der Waals surface area contributed by atoms with Crippen molar-refractivity contribution in [3.63, 3.8) is 0 Å². The summed E-state index contributed by atoms with van der Waals surface area (Å²) in [6, 6.07) is 7.62. The van der Waals surface area contributed by atoms with Crippen LogP contribution in [0.15, 0.2) is 24.3 Å². The Morgan fingerprint density at radius 2 is 2.12 bits per heavy atom. The van der Waals surface area contributed by atoms with E-state index in [4.69, 9.17) is 4.74 Å². The van der Waals surface area contributed by atoms with Crippen LogP contribution in [-0.4, -0.2) is 43.6 Å². The molecule has 1 saturated heterocycles. The quantitative estimate of drug-likeness (QED) is 0.830. The van der Waals surface area contributed by atoms with Crippen molar-refractivity contribution in [1.82, 2.24) is 15.5 Å². The molecule has 0 saturated carbocycles. The number of carbonyl (C=O) groups is 2. The molecule has 0 aliphatic carbocycles. The summed E-state index contributed by atoms with van der Waals surface area (Å²) in [5.74, 6) is 1.16. The lowest BCUT2D eigenvalue weighted by Crippen LogP contribution is -2.47. The number of methoxy groups -OCH3 is 1. The minimum Gasteiger partial charge on any atom is -0.497 e. The smallest absolute Gasteiger partial charge is 0.317 e. The van der Waals surface area contributed by atoms with Gasteiger partial charge in [-0.2, -0.15) is 0 Å². The first kappa shape index (κ1) is 19.1. The van der Waals surface area contributed by atoms with Gasteiger partial charge in [0.05, 0.1) is 7.11 Å². The summed E-state index contributed by atoms with van der Waals surface area (Å²) in [4.78, 5) is 26.0. The first-order chi connectivity index (χ1) is 12.0. The third-order valence-corrected chi connectivity index (χ3v) is 4.47.